The molecule has 110 valence electrons. The van der Waals surface area contributed by atoms with Crippen LogP contribution >= 0.6 is 22.6 Å². The quantitative estimate of drug-likeness (QED) is 0.515. The molecule has 0 spiro atoms. The Morgan fingerprint density at radius 3 is 2.90 bits per heavy atom. The molecule has 0 radical (unpaired) electrons. The van der Waals surface area contributed by atoms with E-state index in [2.05, 4.69) is 52.6 Å². The number of benzene rings is 1. The summed E-state index contributed by atoms with van der Waals surface area (Å²) >= 11 is 2.46. The second-order valence-corrected chi connectivity index (χ2v) is 8.12. The molecule has 1 aromatic carbocycles. The summed E-state index contributed by atoms with van der Waals surface area (Å²) in [6.45, 7) is 4.64. The Bertz CT molecular complexity index is 643. The van der Waals surface area contributed by atoms with E-state index < -0.39 is 0 Å². The summed E-state index contributed by atoms with van der Waals surface area (Å²) < 4.78 is 6.48. The molecule has 0 aromatic heterocycles. The molecule has 0 aliphatic carbocycles. The van der Waals surface area contributed by atoms with E-state index in [4.69, 9.17) is 4.74 Å². The normalized spacial score (nSPS) is 22.6. The molecule has 3 aliphatic rings. The Balaban J connectivity index is 1.93. The van der Waals surface area contributed by atoms with E-state index in [-0.39, 0.29) is 0 Å². The Hall–Kier alpha value is -0.970. The van der Waals surface area contributed by atoms with Crippen molar-refractivity contribution in [3.8, 4) is 5.75 Å². The molecule has 1 aromatic rings. The number of anilines is 1. The van der Waals surface area contributed by atoms with E-state index >= 15 is 0 Å². The maximum absolute atomic E-state index is 5.96. The minimum atomic E-state index is 0.525. The standard InChI is InChI=1S/C18H20INO/c1-12(19)10-13-6-9-21-18-15-5-3-8-20-7-2-4-14(17(15)20)11-16(13)18/h6,9-12H,2-5,7-8H2,1H3/b13-10+. The van der Waals surface area contributed by atoms with Gasteiger partial charge in [0.05, 0.1) is 6.26 Å². The van der Waals surface area contributed by atoms with E-state index in [0.717, 1.165) is 12.2 Å². The molecular weight excluding hydrogens is 373 g/mol. The number of rotatable bonds is 1. The first-order chi connectivity index (χ1) is 10.2. The zero-order valence-electron chi connectivity index (χ0n) is 12.4. The van der Waals surface area contributed by atoms with Crippen LogP contribution in [-0.2, 0) is 12.8 Å². The van der Waals surface area contributed by atoms with Crippen LogP contribution in [0.25, 0.3) is 5.57 Å². The SMILES string of the molecule is CC(I)/C=C1\C=COc2c1cc1c3c2CCCN3CCC1. The van der Waals surface area contributed by atoms with Crippen LogP contribution in [0.1, 0.15) is 36.5 Å². The highest BCUT2D eigenvalue weighted by Gasteiger charge is 2.29. The van der Waals surface area contributed by atoms with Gasteiger partial charge in [0.15, 0.2) is 0 Å². The molecule has 2 nitrogen and oxygen atoms in total. The summed E-state index contributed by atoms with van der Waals surface area (Å²) in [4.78, 5) is 2.57. The van der Waals surface area contributed by atoms with Gasteiger partial charge in [0.1, 0.15) is 5.75 Å². The zero-order chi connectivity index (χ0) is 14.4. The van der Waals surface area contributed by atoms with Gasteiger partial charge in [-0.15, -0.1) is 0 Å². The molecule has 1 atom stereocenters. The summed E-state index contributed by atoms with van der Waals surface area (Å²) in [5, 5.41) is 0. The highest BCUT2D eigenvalue weighted by Crippen LogP contribution is 2.46. The first-order valence-electron chi connectivity index (χ1n) is 7.87. The second kappa shape index (κ2) is 5.34. The highest BCUT2D eigenvalue weighted by atomic mass is 127. The molecule has 0 saturated carbocycles. The Morgan fingerprint density at radius 1 is 1.29 bits per heavy atom. The number of alkyl halides is 1. The first-order valence-corrected chi connectivity index (χ1v) is 9.12. The molecule has 0 saturated heterocycles. The van der Waals surface area contributed by atoms with Crippen molar-refractivity contribution >= 4 is 33.9 Å². The zero-order valence-corrected chi connectivity index (χ0v) is 14.5. The van der Waals surface area contributed by atoms with Crippen LogP contribution in [-0.4, -0.2) is 17.0 Å². The predicted molar refractivity (Wildman–Crippen MR) is 96.5 cm³/mol. The van der Waals surface area contributed by atoms with Gasteiger partial charge in [0, 0.05) is 33.8 Å². The number of ether oxygens (including phenoxy) is 1. The third-order valence-electron chi connectivity index (χ3n) is 4.63. The Kier molecular flexibility index (Phi) is 3.48. The Morgan fingerprint density at radius 2 is 2.10 bits per heavy atom. The molecule has 0 bridgehead atoms. The number of hydrogen-bond donors (Lipinski definition) is 0. The van der Waals surface area contributed by atoms with E-state index in [9.17, 15) is 0 Å². The van der Waals surface area contributed by atoms with Crippen molar-refractivity contribution in [1.29, 1.82) is 0 Å². The third kappa shape index (κ3) is 2.30. The van der Waals surface area contributed by atoms with Crippen molar-refractivity contribution in [2.75, 3.05) is 18.0 Å². The lowest BCUT2D eigenvalue weighted by molar-refractivity contribution is 0.464. The fourth-order valence-corrected chi connectivity index (χ4v) is 4.23. The minimum Gasteiger partial charge on any atom is -0.464 e. The van der Waals surface area contributed by atoms with E-state index in [1.807, 2.05) is 6.26 Å². The molecule has 1 unspecified atom stereocenters. The number of aryl methyl sites for hydroxylation is 1. The summed E-state index contributed by atoms with van der Waals surface area (Å²) in [6.07, 6.45) is 11.2. The summed E-state index contributed by atoms with van der Waals surface area (Å²) in [7, 11) is 0. The van der Waals surface area contributed by atoms with Crippen molar-refractivity contribution in [3.05, 3.63) is 41.2 Å². The van der Waals surface area contributed by atoms with Crippen LogP contribution in [0.3, 0.4) is 0 Å². The van der Waals surface area contributed by atoms with Gasteiger partial charge >= 0.3 is 0 Å². The number of allylic oxidation sites excluding steroid dienone is 3. The van der Waals surface area contributed by atoms with Crippen LogP contribution in [0.5, 0.6) is 5.75 Å². The maximum atomic E-state index is 5.96. The lowest BCUT2D eigenvalue weighted by Crippen LogP contribution is -2.34. The minimum absolute atomic E-state index is 0.525. The summed E-state index contributed by atoms with van der Waals surface area (Å²) in [5.41, 5.74) is 7.09. The Labute approximate surface area is 140 Å². The number of hydrogen-bond acceptors (Lipinski definition) is 2. The largest absolute Gasteiger partial charge is 0.464 e. The van der Waals surface area contributed by atoms with Crippen molar-refractivity contribution < 1.29 is 4.74 Å². The van der Waals surface area contributed by atoms with Crippen molar-refractivity contribution in [3.63, 3.8) is 0 Å². The highest BCUT2D eigenvalue weighted by molar-refractivity contribution is 14.1. The van der Waals surface area contributed by atoms with Crippen LogP contribution < -0.4 is 9.64 Å². The molecule has 4 rings (SSSR count). The van der Waals surface area contributed by atoms with Crippen molar-refractivity contribution in [2.24, 2.45) is 0 Å². The lowest BCUT2D eigenvalue weighted by Gasteiger charge is -2.38. The van der Waals surface area contributed by atoms with Crippen LogP contribution in [0.4, 0.5) is 5.69 Å². The molecule has 0 fully saturated rings. The molecule has 3 heteroatoms. The lowest BCUT2D eigenvalue weighted by atomic mass is 9.86. The fraction of sp³-hybridized carbons (Fsp3) is 0.444. The average Bonchev–Trinajstić information content (AvgIpc) is 2.48. The van der Waals surface area contributed by atoms with Gasteiger partial charge in [-0.1, -0.05) is 28.7 Å². The van der Waals surface area contributed by atoms with Gasteiger partial charge in [0.25, 0.3) is 0 Å². The summed E-state index contributed by atoms with van der Waals surface area (Å²) in [6, 6.07) is 2.39. The first kappa shape index (κ1) is 13.7. The van der Waals surface area contributed by atoms with Gasteiger partial charge in [-0.05, 0) is 55.9 Å². The van der Waals surface area contributed by atoms with Crippen molar-refractivity contribution in [1.82, 2.24) is 0 Å². The second-order valence-electron chi connectivity index (χ2n) is 6.15. The molecule has 3 aliphatic heterocycles. The molecule has 0 N–H and O–H groups in total. The number of nitrogens with zero attached hydrogens (tertiary/aromatic N) is 1. The number of halogens is 1. The molecular formula is C18H20INO. The predicted octanol–water partition coefficient (Wildman–Crippen LogP) is 4.50. The van der Waals surface area contributed by atoms with Gasteiger partial charge < -0.3 is 9.64 Å². The van der Waals surface area contributed by atoms with Gasteiger partial charge in [-0.25, -0.2) is 0 Å². The topological polar surface area (TPSA) is 12.5 Å². The maximum Gasteiger partial charge on any atom is 0.139 e. The molecule has 3 heterocycles. The molecule has 0 amide bonds. The van der Waals surface area contributed by atoms with Crippen LogP contribution in [0, 0.1) is 0 Å². The van der Waals surface area contributed by atoms with E-state index in [1.165, 1.54) is 60.3 Å². The van der Waals surface area contributed by atoms with Gasteiger partial charge in [-0.3, -0.25) is 0 Å². The van der Waals surface area contributed by atoms with Crippen molar-refractivity contribution in [2.45, 2.75) is 36.5 Å². The van der Waals surface area contributed by atoms with Gasteiger partial charge in [0.2, 0.25) is 0 Å². The van der Waals surface area contributed by atoms with Gasteiger partial charge in [-0.2, -0.15) is 0 Å². The smallest absolute Gasteiger partial charge is 0.139 e. The monoisotopic (exact) mass is 393 g/mol. The number of fused-ring (bicyclic) bond motifs is 2. The fourth-order valence-electron chi connectivity index (χ4n) is 3.84. The van der Waals surface area contributed by atoms with E-state index in [1.54, 1.807) is 0 Å². The van der Waals surface area contributed by atoms with Crippen LogP contribution in [0.2, 0.25) is 0 Å². The summed E-state index contributed by atoms with van der Waals surface area (Å²) in [5.74, 6) is 1.12. The average molecular weight is 393 g/mol. The third-order valence-corrected chi connectivity index (χ3v) is 4.99. The molecule has 21 heavy (non-hydrogen) atoms. The van der Waals surface area contributed by atoms with E-state index in [0.29, 0.717) is 3.92 Å². The van der Waals surface area contributed by atoms with Crippen LogP contribution in [0.15, 0.2) is 24.5 Å².